The quantitative estimate of drug-likeness (QED) is 0.0571. The number of unbranched alkanes of at least 4 members (excludes halogenated alkanes) is 12. The van der Waals surface area contributed by atoms with Crippen LogP contribution in [0.5, 0.6) is 23.0 Å². The molecule has 0 spiro atoms. The third kappa shape index (κ3) is 9.46. The summed E-state index contributed by atoms with van der Waals surface area (Å²) in [5, 5.41) is 6.93. The molecule has 4 nitrogen and oxygen atoms in total. The van der Waals surface area contributed by atoms with Gasteiger partial charge in [-0.2, -0.15) is 0 Å². The highest BCUT2D eigenvalue weighted by molar-refractivity contribution is 6.29. The molecule has 4 aromatic rings. The standard InChI is InChI=1S/C42H60O4/c1-5-9-13-21-29-43-39-37-35-27-19-17-25-33(35)34-26-18-20-28-36(34)38(37)40(44-30-22-14-10-6-2)42(46-32-24-16-12-8-4)41(39)45-31-23-15-11-7-3/h17-20,25-28H,5-16,21-24,29-32H2,1-4H3. The first-order valence-corrected chi connectivity index (χ1v) is 18.7. The van der Waals surface area contributed by atoms with Crippen LogP contribution >= 0.6 is 0 Å². The van der Waals surface area contributed by atoms with E-state index in [9.17, 15) is 0 Å². The van der Waals surface area contributed by atoms with E-state index in [-0.39, 0.29) is 0 Å². The molecule has 4 heteroatoms. The lowest BCUT2D eigenvalue weighted by atomic mass is 9.92. The van der Waals surface area contributed by atoms with Gasteiger partial charge in [0.1, 0.15) is 0 Å². The van der Waals surface area contributed by atoms with Crippen molar-refractivity contribution in [2.45, 2.75) is 130 Å². The van der Waals surface area contributed by atoms with Gasteiger partial charge in [0.2, 0.25) is 11.5 Å². The Labute approximate surface area is 279 Å². The van der Waals surface area contributed by atoms with Gasteiger partial charge in [-0.15, -0.1) is 0 Å². The van der Waals surface area contributed by atoms with Gasteiger partial charge >= 0.3 is 0 Å². The van der Waals surface area contributed by atoms with E-state index in [0.717, 1.165) is 85.1 Å². The van der Waals surface area contributed by atoms with Gasteiger partial charge in [-0.3, -0.25) is 0 Å². The molecule has 0 unspecified atom stereocenters. The molecule has 0 aliphatic rings. The zero-order chi connectivity index (χ0) is 32.4. The maximum atomic E-state index is 6.87. The van der Waals surface area contributed by atoms with Crippen molar-refractivity contribution in [2.24, 2.45) is 0 Å². The van der Waals surface area contributed by atoms with Gasteiger partial charge < -0.3 is 18.9 Å². The Hall–Kier alpha value is -3.14. The minimum absolute atomic E-state index is 0.630. The molecule has 4 rings (SSSR count). The van der Waals surface area contributed by atoms with Crippen molar-refractivity contribution in [1.82, 2.24) is 0 Å². The predicted octanol–water partition coefficient (Wildman–Crippen LogP) is 13.0. The first-order chi connectivity index (χ1) is 22.8. The fraction of sp³-hybridized carbons (Fsp3) is 0.571. The SMILES string of the molecule is CCCCCCOc1c(OCCCCCC)c(OCCCCCC)c2c3ccccc3c3ccccc3c2c1OCCCCCC. The molecule has 0 fully saturated rings. The molecule has 46 heavy (non-hydrogen) atoms. The van der Waals surface area contributed by atoms with Crippen molar-refractivity contribution in [3.63, 3.8) is 0 Å². The second-order valence-corrected chi connectivity index (χ2v) is 12.8. The first kappa shape index (κ1) is 35.7. The Balaban J connectivity index is 1.96. The summed E-state index contributed by atoms with van der Waals surface area (Å²) in [6, 6.07) is 17.5. The van der Waals surface area contributed by atoms with Crippen LogP contribution in [0.3, 0.4) is 0 Å². The highest BCUT2D eigenvalue weighted by Crippen LogP contribution is 2.55. The molecule has 0 aliphatic carbocycles. The van der Waals surface area contributed by atoms with Crippen molar-refractivity contribution in [3.05, 3.63) is 48.5 Å². The van der Waals surface area contributed by atoms with Crippen LogP contribution in [-0.4, -0.2) is 26.4 Å². The number of ether oxygens (including phenoxy) is 4. The van der Waals surface area contributed by atoms with Gasteiger partial charge in [0, 0.05) is 10.8 Å². The van der Waals surface area contributed by atoms with Gasteiger partial charge in [0.25, 0.3) is 0 Å². The minimum atomic E-state index is 0.630. The summed E-state index contributed by atoms with van der Waals surface area (Å²) in [5.41, 5.74) is 0. The zero-order valence-corrected chi connectivity index (χ0v) is 29.4. The van der Waals surface area contributed by atoms with Crippen molar-refractivity contribution >= 4 is 32.3 Å². The van der Waals surface area contributed by atoms with Gasteiger partial charge in [0.05, 0.1) is 26.4 Å². The zero-order valence-electron chi connectivity index (χ0n) is 29.4. The molecule has 0 radical (unpaired) electrons. The lowest BCUT2D eigenvalue weighted by Gasteiger charge is -2.25. The van der Waals surface area contributed by atoms with Crippen LogP contribution in [-0.2, 0) is 0 Å². The van der Waals surface area contributed by atoms with Crippen molar-refractivity contribution in [2.75, 3.05) is 26.4 Å². The normalized spacial score (nSPS) is 11.5. The van der Waals surface area contributed by atoms with E-state index in [2.05, 4.69) is 76.2 Å². The Bertz CT molecular complexity index is 1350. The van der Waals surface area contributed by atoms with E-state index >= 15 is 0 Å². The van der Waals surface area contributed by atoms with Gasteiger partial charge in [0.15, 0.2) is 11.5 Å². The maximum Gasteiger partial charge on any atom is 0.208 e. The predicted molar refractivity (Wildman–Crippen MR) is 198 cm³/mol. The molecular weight excluding hydrogens is 568 g/mol. The smallest absolute Gasteiger partial charge is 0.208 e. The number of benzene rings is 4. The van der Waals surface area contributed by atoms with Gasteiger partial charge in [-0.25, -0.2) is 0 Å². The molecule has 0 bridgehead atoms. The summed E-state index contributed by atoms with van der Waals surface area (Å²) in [4.78, 5) is 0. The molecule has 0 saturated heterocycles. The van der Waals surface area contributed by atoms with E-state index in [4.69, 9.17) is 18.9 Å². The Morgan fingerprint density at radius 2 is 0.609 bits per heavy atom. The van der Waals surface area contributed by atoms with Crippen molar-refractivity contribution in [1.29, 1.82) is 0 Å². The summed E-state index contributed by atoms with van der Waals surface area (Å²) < 4.78 is 27.3. The van der Waals surface area contributed by atoms with Crippen LogP contribution in [0, 0.1) is 0 Å². The summed E-state index contributed by atoms with van der Waals surface area (Å²) in [5.74, 6) is 3.06. The topological polar surface area (TPSA) is 36.9 Å². The first-order valence-electron chi connectivity index (χ1n) is 18.7. The summed E-state index contributed by atoms with van der Waals surface area (Å²) >= 11 is 0. The molecule has 0 aliphatic heterocycles. The summed E-state index contributed by atoms with van der Waals surface area (Å²) in [7, 11) is 0. The second-order valence-electron chi connectivity index (χ2n) is 12.8. The van der Waals surface area contributed by atoms with Crippen LogP contribution in [0.2, 0.25) is 0 Å². The molecule has 0 heterocycles. The monoisotopic (exact) mass is 628 g/mol. The second kappa shape index (κ2) is 20.2. The van der Waals surface area contributed by atoms with Crippen LogP contribution < -0.4 is 18.9 Å². The largest absolute Gasteiger partial charge is 0.489 e. The third-order valence-corrected chi connectivity index (χ3v) is 8.98. The van der Waals surface area contributed by atoms with E-state index in [1.54, 1.807) is 0 Å². The molecule has 0 amide bonds. The Morgan fingerprint density at radius 3 is 0.913 bits per heavy atom. The fourth-order valence-corrected chi connectivity index (χ4v) is 6.40. The van der Waals surface area contributed by atoms with E-state index in [1.807, 2.05) is 0 Å². The lowest BCUT2D eigenvalue weighted by Crippen LogP contribution is -2.10. The Kier molecular flexibility index (Phi) is 15.7. The van der Waals surface area contributed by atoms with Crippen LogP contribution in [0.4, 0.5) is 0 Å². The molecule has 0 atom stereocenters. The average molecular weight is 629 g/mol. The number of hydrogen-bond acceptors (Lipinski definition) is 4. The van der Waals surface area contributed by atoms with Crippen LogP contribution in [0.1, 0.15) is 130 Å². The fourth-order valence-electron chi connectivity index (χ4n) is 6.40. The highest BCUT2D eigenvalue weighted by Gasteiger charge is 2.28. The number of rotatable bonds is 24. The summed E-state index contributed by atoms with van der Waals surface area (Å²) in [6.45, 7) is 11.6. The average Bonchev–Trinajstić information content (AvgIpc) is 3.09. The van der Waals surface area contributed by atoms with Gasteiger partial charge in [-0.1, -0.05) is 153 Å². The number of fused-ring (bicyclic) bond motifs is 6. The van der Waals surface area contributed by atoms with E-state index < -0.39 is 0 Å². The Morgan fingerprint density at radius 1 is 0.326 bits per heavy atom. The molecule has 0 N–H and O–H groups in total. The highest BCUT2D eigenvalue weighted by atomic mass is 16.6. The lowest BCUT2D eigenvalue weighted by molar-refractivity contribution is 0.222. The van der Waals surface area contributed by atoms with E-state index in [0.29, 0.717) is 26.4 Å². The van der Waals surface area contributed by atoms with Crippen LogP contribution in [0.15, 0.2) is 48.5 Å². The minimum Gasteiger partial charge on any atom is -0.489 e. The third-order valence-electron chi connectivity index (χ3n) is 8.98. The summed E-state index contributed by atoms with van der Waals surface area (Å²) in [6.07, 6.45) is 18.3. The number of hydrogen-bond donors (Lipinski definition) is 0. The molecule has 0 saturated carbocycles. The molecule has 4 aromatic carbocycles. The van der Waals surface area contributed by atoms with Crippen LogP contribution in [0.25, 0.3) is 32.3 Å². The van der Waals surface area contributed by atoms with Crippen molar-refractivity contribution < 1.29 is 18.9 Å². The molecular formula is C42H60O4. The molecule has 0 aromatic heterocycles. The maximum absolute atomic E-state index is 6.87. The van der Waals surface area contributed by atoms with Crippen molar-refractivity contribution in [3.8, 4) is 23.0 Å². The molecule has 252 valence electrons. The van der Waals surface area contributed by atoms with E-state index in [1.165, 1.54) is 72.9 Å². The van der Waals surface area contributed by atoms with Gasteiger partial charge in [-0.05, 0) is 47.2 Å².